The topological polar surface area (TPSA) is 58.6 Å². The van der Waals surface area contributed by atoms with Crippen LogP contribution in [0.4, 0.5) is 0 Å². The van der Waals surface area contributed by atoms with Crippen LogP contribution in [0.3, 0.4) is 0 Å². The molecule has 13 heavy (non-hydrogen) atoms. The number of rotatable bonds is 8. The van der Waals surface area contributed by atoms with E-state index in [4.69, 9.17) is 4.55 Å². The Hall–Kier alpha value is 0.250. The Labute approximate surface area is 84.8 Å². The number of nitrogens with one attached hydrogen (secondary N) is 1. The number of hydrogen-bond donors (Lipinski definition) is 2. The lowest BCUT2D eigenvalue weighted by molar-refractivity contribution is 0.294. The van der Waals surface area contributed by atoms with Crippen LogP contribution >= 0.6 is 0 Å². The van der Waals surface area contributed by atoms with Gasteiger partial charge in [-0.15, -0.1) is 0 Å². The second-order valence-electron chi connectivity index (χ2n) is 2.77. The zero-order valence-electron chi connectivity index (χ0n) is 7.82. The van der Waals surface area contributed by atoms with Crippen molar-refractivity contribution in [3.63, 3.8) is 0 Å². The van der Waals surface area contributed by atoms with Gasteiger partial charge in [0.1, 0.15) is 0 Å². The average molecular weight is 227 g/mol. The molecule has 0 saturated carbocycles. The summed E-state index contributed by atoms with van der Waals surface area (Å²) in [6.07, 6.45) is 4.03. The lowest BCUT2D eigenvalue weighted by Gasteiger charge is -2.02. The third-order valence-corrected chi connectivity index (χ3v) is 2.31. The van der Waals surface area contributed by atoms with Gasteiger partial charge in [0.2, 0.25) is 0 Å². The molecular formula is C7H17NO3S2. The van der Waals surface area contributed by atoms with Gasteiger partial charge in [-0.25, -0.2) is 0 Å². The Bertz CT molecular complexity index is 204. The van der Waals surface area contributed by atoms with E-state index in [2.05, 4.69) is 20.7 Å². The van der Waals surface area contributed by atoms with E-state index in [0.717, 1.165) is 32.2 Å². The normalized spacial score (nSPS) is 15.5. The Balaban J connectivity index is 3.09. The molecule has 0 spiro atoms. The zero-order valence-corrected chi connectivity index (χ0v) is 9.46. The maximum Gasteiger partial charge on any atom is 0.266 e. The van der Waals surface area contributed by atoms with Crippen LogP contribution in [-0.2, 0) is 24.4 Å². The summed E-state index contributed by atoms with van der Waals surface area (Å²) in [4.78, 5) is 0. The second kappa shape index (κ2) is 7.64. The van der Waals surface area contributed by atoms with E-state index in [1.807, 2.05) is 7.05 Å². The Morgan fingerprint density at radius 2 is 2.00 bits per heavy atom. The Kier molecular flexibility index (Phi) is 7.78. The summed E-state index contributed by atoms with van der Waals surface area (Å²) in [5.41, 5.74) is 0. The summed E-state index contributed by atoms with van der Waals surface area (Å²) in [7, 11) is -1.48. The van der Waals surface area contributed by atoms with E-state index < -0.39 is 9.05 Å². The minimum Gasteiger partial charge on any atom is -0.320 e. The third-order valence-electron chi connectivity index (χ3n) is 1.55. The Morgan fingerprint density at radius 3 is 2.54 bits per heavy atom. The highest BCUT2D eigenvalue weighted by Gasteiger charge is 1.98. The zero-order chi connectivity index (χ0) is 10.2. The molecule has 0 aliphatic carbocycles. The second-order valence-corrected chi connectivity index (χ2v) is 5.12. The summed E-state index contributed by atoms with van der Waals surface area (Å²) in [5, 5.41) is 3.05. The van der Waals surface area contributed by atoms with Crippen LogP contribution in [0.25, 0.3) is 0 Å². The van der Waals surface area contributed by atoms with Crippen LogP contribution < -0.4 is 5.32 Å². The van der Waals surface area contributed by atoms with Gasteiger partial charge in [-0.3, -0.25) is 8.74 Å². The van der Waals surface area contributed by atoms with Gasteiger partial charge in [0.05, 0.1) is 6.61 Å². The van der Waals surface area contributed by atoms with E-state index in [-0.39, 0.29) is 6.61 Å². The minimum atomic E-state index is -3.40. The summed E-state index contributed by atoms with van der Waals surface area (Å²) in [5.74, 6) is 0. The van der Waals surface area contributed by atoms with Gasteiger partial charge in [0.15, 0.2) is 0 Å². The van der Waals surface area contributed by atoms with Crippen LogP contribution in [0.2, 0.25) is 0 Å². The smallest absolute Gasteiger partial charge is 0.266 e. The molecule has 0 saturated heterocycles. The van der Waals surface area contributed by atoms with Crippen molar-refractivity contribution < 1.29 is 12.9 Å². The minimum absolute atomic E-state index is 0.276. The van der Waals surface area contributed by atoms with Crippen LogP contribution in [0, 0.1) is 0 Å². The first-order valence-electron chi connectivity index (χ1n) is 4.32. The molecule has 0 aromatic carbocycles. The van der Waals surface area contributed by atoms with Crippen molar-refractivity contribution in [2.45, 2.75) is 25.7 Å². The standard InChI is InChI=1S/C7H17NO3S2/c1-8-6-4-2-3-5-7-11-13(9,10)12/h8H,2-7H2,1H3,(H,9,10,12). The van der Waals surface area contributed by atoms with Crippen LogP contribution in [0.15, 0.2) is 0 Å². The van der Waals surface area contributed by atoms with Crippen LogP contribution in [0.1, 0.15) is 25.7 Å². The molecule has 4 nitrogen and oxygen atoms in total. The average Bonchev–Trinajstić information content (AvgIpc) is 2.01. The summed E-state index contributed by atoms with van der Waals surface area (Å²) in [6, 6.07) is 0. The molecule has 6 heteroatoms. The molecule has 1 atom stereocenters. The SMILES string of the molecule is CNCCCCCCOS(=O)(O)=S. The van der Waals surface area contributed by atoms with Gasteiger partial charge in [0.25, 0.3) is 9.05 Å². The number of hydrogen-bond acceptors (Lipinski definition) is 4. The monoisotopic (exact) mass is 227 g/mol. The van der Waals surface area contributed by atoms with E-state index in [9.17, 15) is 4.21 Å². The molecule has 1 unspecified atom stereocenters. The van der Waals surface area contributed by atoms with Gasteiger partial charge < -0.3 is 5.32 Å². The first kappa shape index (κ1) is 13.2. The Morgan fingerprint density at radius 1 is 1.38 bits per heavy atom. The lowest BCUT2D eigenvalue weighted by atomic mass is 10.2. The lowest BCUT2D eigenvalue weighted by Crippen LogP contribution is -2.07. The number of unbranched alkanes of at least 4 members (excludes halogenated alkanes) is 3. The summed E-state index contributed by atoms with van der Waals surface area (Å²) < 4.78 is 23.5. The van der Waals surface area contributed by atoms with E-state index in [1.54, 1.807) is 0 Å². The van der Waals surface area contributed by atoms with Crippen LogP contribution in [0.5, 0.6) is 0 Å². The fourth-order valence-corrected chi connectivity index (χ4v) is 1.45. The predicted octanol–water partition coefficient (Wildman–Crippen LogP) is 0.917. The molecule has 0 fully saturated rings. The first-order chi connectivity index (χ1) is 6.06. The predicted molar refractivity (Wildman–Crippen MR) is 56.5 cm³/mol. The first-order valence-corrected chi connectivity index (χ1v) is 6.69. The van der Waals surface area contributed by atoms with Crippen molar-refractivity contribution in [1.82, 2.24) is 5.32 Å². The highest BCUT2D eigenvalue weighted by atomic mass is 32.9. The molecular weight excluding hydrogens is 210 g/mol. The fraction of sp³-hybridized carbons (Fsp3) is 1.00. The molecule has 0 bridgehead atoms. The molecule has 0 aromatic heterocycles. The van der Waals surface area contributed by atoms with E-state index in [1.165, 1.54) is 0 Å². The summed E-state index contributed by atoms with van der Waals surface area (Å²) in [6.45, 7) is 1.29. The molecule has 0 heterocycles. The molecule has 0 aliphatic rings. The van der Waals surface area contributed by atoms with Gasteiger partial charge in [-0.2, -0.15) is 4.21 Å². The van der Waals surface area contributed by atoms with Crippen molar-refractivity contribution in [3.8, 4) is 0 Å². The van der Waals surface area contributed by atoms with Gasteiger partial charge in [-0.1, -0.05) is 12.8 Å². The molecule has 0 amide bonds. The molecule has 2 N–H and O–H groups in total. The highest BCUT2D eigenvalue weighted by molar-refractivity contribution is 8.27. The fourth-order valence-electron chi connectivity index (χ4n) is 0.922. The molecule has 0 aromatic rings. The van der Waals surface area contributed by atoms with E-state index in [0.29, 0.717) is 0 Å². The largest absolute Gasteiger partial charge is 0.320 e. The van der Waals surface area contributed by atoms with E-state index >= 15 is 0 Å². The molecule has 0 radical (unpaired) electrons. The summed E-state index contributed by atoms with van der Waals surface area (Å²) >= 11 is 4.16. The maximum atomic E-state index is 10.5. The molecule has 80 valence electrons. The quantitative estimate of drug-likeness (QED) is 0.604. The molecule has 0 rings (SSSR count). The van der Waals surface area contributed by atoms with Gasteiger partial charge >= 0.3 is 0 Å². The van der Waals surface area contributed by atoms with Crippen molar-refractivity contribution in [1.29, 1.82) is 0 Å². The van der Waals surface area contributed by atoms with Crippen LogP contribution in [-0.4, -0.2) is 29.0 Å². The maximum absolute atomic E-state index is 10.5. The van der Waals surface area contributed by atoms with Gasteiger partial charge in [-0.05, 0) is 26.4 Å². The van der Waals surface area contributed by atoms with Crippen molar-refractivity contribution in [2.24, 2.45) is 0 Å². The highest BCUT2D eigenvalue weighted by Crippen LogP contribution is 2.00. The van der Waals surface area contributed by atoms with Crippen molar-refractivity contribution >= 4 is 20.2 Å². The van der Waals surface area contributed by atoms with Crippen molar-refractivity contribution in [3.05, 3.63) is 0 Å². The van der Waals surface area contributed by atoms with Gasteiger partial charge in [0, 0.05) is 11.2 Å². The molecule has 0 aliphatic heterocycles. The van der Waals surface area contributed by atoms with Crippen molar-refractivity contribution in [2.75, 3.05) is 20.2 Å². The third kappa shape index (κ3) is 12.2.